The van der Waals surface area contributed by atoms with E-state index in [1.807, 2.05) is 17.3 Å². The first kappa shape index (κ1) is 53.2. The zero-order chi connectivity index (χ0) is 51.9. The van der Waals surface area contributed by atoms with Gasteiger partial charge in [-0.25, -0.2) is 22.0 Å². The number of benzene rings is 4. The molecule has 4 N–H and O–H groups in total. The lowest BCUT2D eigenvalue weighted by atomic mass is 9.84. The van der Waals surface area contributed by atoms with Crippen molar-refractivity contribution < 1.29 is 41.8 Å². The number of carbonyl (C=O) groups excluding carboxylic acids is 2. The first-order valence-corrected chi connectivity index (χ1v) is 26.7. The third-order valence-corrected chi connectivity index (χ3v) is 16.7. The second kappa shape index (κ2) is 24.3. The standard InChI is InChI=1S/C29H32BrF2N3O2.C29H32F3N3O2/c30-25-15-19(1-4-26(25)32)2-6-29(37)35-13-9-21(10-14-35)28(18-36)34-11-7-20(8-12-34)24-17-33-27-5-3-22(31)16-23(24)27;30-22-2-3-27-25(16-22)26(17-33-27)20-5-9-34(10-6-20)28(18-36)21-7-11-35(12-8-21)29(37)4-1-19-13-23(31)15-24(32)14-19/h1-6,15-17,20-21,28,33,36H,7-14,18H2;1-4,13-17,20-21,28,33,36H,5-12,18H2/b6-2+;4-1+. The fourth-order valence-corrected chi connectivity index (χ4v) is 12.4. The molecule has 4 aliphatic rings. The molecule has 0 bridgehead atoms. The number of nitrogens with one attached hydrogen (secondary N) is 2. The average Bonchev–Trinajstić information content (AvgIpc) is 4.03. The maximum Gasteiger partial charge on any atom is 0.246 e. The number of piperidine rings is 4. The Morgan fingerprint density at radius 1 is 0.541 bits per heavy atom. The van der Waals surface area contributed by atoms with Gasteiger partial charge in [0.15, 0.2) is 0 Å². The molecule has 2 atom stereocenters. The SMILES string of the molecule is O=C(/C=C/c1cc(F)cc(F)c1)N1CCC(C(CO)N2CCC(c3c[nH]c4ccc(F)cc34)CC2)CC1.O=C(/C=C/c1ccc(F)c(Br)c1)N1CCC(C(CO)N2CCC(c3c[nH]c4ccc(F)cc34)CC2)CC1. The number of aromatic nitrogens is 2. The first-order valence-electron chi connectivity index (χ1n) is 25.9. The largest absolute Gasteiger partial charge is 0.395 e. The van der Waals surface area contributed by atoms with Crippen molar-refractivity contribution in [2.24, 2.45) is 11.8 Å². The van der Waals surface area contributed by atoms with Crippen LogP contribution < -0.4 is 0 Å². The van der Waals surface area contributed by atoms with Crippen LogP contribution >= 0.6 is 15.9 Å². The van der Waals surface area contributed by atoms with Gasteiger partial charge in [-0.05, 0) is 212 Å². The van der Waals surface area contributed by atoms with Crippen LogP contribution in [0.25, 0.3) is 34.0 Å². The van der Waals surface area contributed by atoms with Crippen LogP contribution in [0.5, 0.6) is 0 Å². The van der Waals surface area contributed by atoms with Gasteiger partial charge in [0.05, 0.1) is 17.7 Å². The van der Waals surface area contributed by atoms with Gasteiger partial charge in [0, 0.05) is 90.7 Å². The van der Waals surface area contributed by atoms with Crippen molar-refractivity contribution in [2.45, 2.75) is 75.3 Å². The molecule has 6 aromatic rings. The Morgan fingerprint density at radius 3 is 1.39 bits per heavy atom. The number of aliphatic hydroxyl groups is 2. The molecule has 6 heterocycles. The molecule has 10 rings (SSSR count). The first-order chi connectivity index (χ1) is 35.8. The summed E-state index contributed by atoms with van der Waals surface area (Å²) in [6, 6.07) is 17.7. The number of carbonyl (C=O) groups is 2. The molecule has 0 aliphatic carbocycles. The second-order valence-electron chi connectivity index (χ2n) is 20.4. The van der Waals surface area contributed by atoms with Gasteiger partial charge in [0.2, 0.25) is 11.8 Å². The van der Waals surface area contributed by atoms with E-state index in [0.717, 1.165) is 117 Å². The highest BCUT2D eigenvalue weighted by Crippen LogP contribution is 2.38. The van der Waals surface area contributed by atoms with E-state index < -0.39 is 11.6 Å². The lowest BCUT2D eigenvalue weighted by Gasteiger charge is -2.43. The van der Waals surface area contributed by atoms with Crippen molar-refractivity contribution in [3.8, 4) is 0 Å². The Hall–Kier alpha value is -5.65. The Bertz CT molecular complexity index is 2930. The highest BCUT2D eigenvalue weighted by molar-refractivity contribution is 9.10. The molecular weight excluding hydrogens is 1020 g/mol. The van der Waals surface area contributed by atoms with Gasteiger partial charge in [0.1, 0.15) is 29.1 Å². The van der Waals surface area contributed by atoms with Crippen molar-refractivity contribution in [2.75, 3.05) is 65.6 Å². The topological polar surface area (TPSA) is 119 Å². The fourth-order valence-electron chi connectivity index (χ4n) is 12.0. The van der Waals surface area contributed by atoms with Crippen molar-refractivity contribution in [3.63, 3.8) is 0 Å². The van der Waals surface area contributed by atoms with Gasteiger partial charge in [-0.15, -0.1) is 0 Å². The summed E-state index contributed by atoms with van der Waals surface area (Å²) in [4.78, 5) is 40.2. The molecule has 2 aromatic heterocycles. The quantitative estimate of drug-likeness (QED) is 0.0716. The summed E-state index contributed by atoms with van der Waals surface area (Å²) in [7, 11) is 0. The minimum Gasteiger partial charge on any atom is -0.395 e. The van der Waals surface area contributed by atoms with Crippen LogP contribution in [0.3, 0.4) is 0 Å². The van der Waals surface area contributed by atoms with Crippen LogP contribution in [0.1, 0.15) is 85.5 Å². The molecule has 74 heavy (non-hydrogen) atoms. The van der Waals surface area contributed by atoms with Gasteiger partial charge in [-0.3, -0.25) is 19.4 Å². The van der Waals surface area contributed by atoms with Gasteiger partial charge in [0.25, 0.3) is 0 Å². The van der Waals surface area contributed by atoms with Gasteiger partial charge >= 0.3 is 0 Å². The lowest BCUT2D eigenvalue weighted by molar-refractivity contribution is -0.128. The van der Waals surface area contributed by atoms with Crippen LogP contribution in [-0.4, -0.2) is 129 Å². The summed E-state index contributed by atoms with van der Waals surface area (Å²) in [5.41, 5.74) is 5.33. The Balaban J connectivity index is 0.000000182. The van der Waals surface area contributed by atoms with Crippen LogP contribution in [0.15, 0.2) is 102 Å². The monoisotopic (exact) mass is 1080 g/mol. The molecule has 4 fully saturated rings. The Morgan fingerprint density at radius 2 is 0.973 bits per heavy atom. The van der Waals surface area contributed by atoms with Crippen molar-refractivity contribution in [3.05, 3.63) is 153 Å². The number of aromatic amines is 2. The number of H-pyrrole nitrogens is 2. The molecule has 2 amide bonds. The highest BCUT2D eigenvalue weighted by Gasteiger charge is 2.36. The third-order valence-electron chi connectivity index (χ3n) is 16.1. The van der Waals surface area contributed by atoms with E-state index in [1.54, 1.807) is 53.5 Å². The predicted octanol–water partition coefficient (Wildman–Crippen LogP) is 10.8. The predicted molar refractivity (Wildman–Crippen MR) is 282 cm³/mol. The minimum absolute atomic E-state index is 0.0458. The summed E-state index contributed by atoms with van der Waals surface area (Å²) in [5.74, 6) is -1.01. The molecule has 4 aromatic carbocycles. The van der Waals surface area contributed by atoms with Crippen LogP contribution in [0.2, 0.25) is 0 Å². The molecule has 0 saturated carbocycles. The van der Waals surface area contributed by atoms with E-state index in [2.05, 4.69) is 35.7 Å². The molecule has 0 radical (unpaired) electrons. The molecule has 4 aliphatic heterocycles. The number of amides is 2. The number of halogens is 6. The maximum atomic E-state index is 13.8. The summed E-state index contributed by atoms with van der Waals surface area (Å²) in [6.45, 7) is 6.20. The van der Waals surface area contributed by atoms with Crippen molar-refractivity contribution in [1.29, 1.82) is 0 Å². The molecular formula is C58H64BrF5N6O4. The van der Waals surface area contributed by atoms with E-state index in [1.165, 1.54) is 48.0 Å². The number of nitrogens with zero attached hydrogens (tertiary/aromatic N) is 4. The van der Waals surface area contributed by atoms with E-state index in [4.69, 9.17) is 0 Å². The van der Waals surface area contributed by atoms with Crippen LogP contribution in [0.4, 0.5) is 22.0 Å². The number of rotatable bonds is 12. The van der Waals surface area contributed by atoms with Gasteiger partial charge < -0.3 is 30.0 Å². The number of likely N-dealkylation sites (tertiary alicyclic amines) is 4. The summed E-state index contributed by atoms with van der Waals surface area (Å²) in [6.07, 6.45) is 17.2. The molecule has 10 nitrogen and oxygen atoms in total. The number of hydrogen-bond acceptors (Lipinski definition) is 6. The Kier molecular flexibility index (Phi) is 17.5. The average molecular weight is 1080 g/mol. The smallest absolute Gasteiger partial charge is 0.246 e. The van der Waals surface area contributed by atoms with Gasteiger partial charge in [-0.2, -0.15) is 0 Å². The maximum absolute atomic E-state index is 13.8. The van der Waals surface area contributed by atoms with E-state index >= 15 is 0 Å². The van der Waals surface area contributed by atoms with E-state index in [9.17, 15) is 41.8 Å². The van der Waals surface area contributed by atoms with E-state index in [-0.39, 0.29) is 60.5 Å². The summed E-state index contributed by atoms with van der Waals surface area (Å²) < 4.78 is 68.2. The number of fused-ring (bicyclic) bond motifs is 2. The zero-order valence-electron chi connectivity index (χ0n) is 41.4. The van der Waals surface area contributed by atoms with Crippen LogP contribution in [0, 0.1) is 40.9 Å². The van der Waals surface area contributed by atoms with Gasteiger partial charge in [-0.1, -0.05) is 6.07 Å². The molecule has 0 spiro atoms. The van der Waals surface area contributed by atoms with E-state index in [0.29, 0.717) is 54.0 Å². The normalized spacial score (nSPS) is 19.2. The zero-order valence-corrected chi connectivity index (χ0v) is 42.9. The highest BCUT2D eigenvalue weighted by atomic mass is 79.9. The minimum atomic E-state index is -0.678. The van der Waals surface area contributed by atoms with Crippen molar-refractivity contribution in [1.82, 2.24) is 29.6 Å². The summed E-state index contributed by atoms with van der Waals surface area (Å²) >= 11 is 3.17. The van der Waals surface area contributed by atoms with Crippen LogP contribution in [-0.2, 0) is 9.59 Å². The Labute approximate surface area is 437 Å². The van der Waals surface area contributed by atoms with Crippen molar-refractivity contribution >= 4 is 61.7 Å². The fraction of sp³-hybridized carbons (Fsp3) is 0.414. The number of aliphatic hydroxyl groups excluding tert-OH is 2. The molecule has 392 valence electrons. The number of hydrogen-bond donors (Lipinski definition) is 4. The molecule has 16 heteroatoms. The molecule has 4 saturated heterocycles. The second-order valence-corrected chi connectivity index (χ2v) is 21.2. The lowest BCUT2D eigenvalue weighted by Crippen LogP contribution is -2.50. The molecule has 2 unspecified atom stereocenters. The summed E-state index contributed by atoms with van der Waals surface area (Å²) in [5, 5.41) is 22.4. The third kappa shape index (κ3) is 12.7.